The molecule has 0 bridgehead atoms. The molecular weight excluding hydrogens is 379 g/mol. The zero-order chi connectivity index (χ0) is 21.2. The van der Waals surface area contributed by atoms with E-state index in [2.05, 4.69) is 12.2 Å². The van der Waals surface area contributed by atoms with E-state index in [1.807, 2.05) is 6.92 Å². The Hall–Kier alpha value is -1.29. The molecule has 0 spiro atoms. The average molecular weight is 410 g/mol. The third-order valence-electron chi connectivity index (χ3n) is 3.63. The van der Waals surface area contributed by atoms with Crippen LogP contribution in [-0.2, 0) is 23.6 Å². The normalized spacial score (nSPS) is 23.4. The summed E-state index contributed by atoms with van der Waals surface area (Å²) in [4.78, 5) is 44.9. The van der Waals surface area contributed by atoms with E-state index in [1.54, 1.807) is 13.0 Å². The summed E-state index contributed by atoms with van der Waals surface area (Å²) in [6, 6.07) is -0.720. The molecule has 1 amide bonds. The SMILES string of the molecule is CCCC(C)O[C@@H]1C=C(C(=O)OCC)C[C@H](N)[C@H]1NC(C)=O.O=P(O)(O)O. The summed E-state index contributed by atoms with van der Waals surface area (Å²) in [6.45, 7) is 7.59. The van der Waals surface area contributed by atoms with Gasteiger partial charge in [0, 0.05) is 18.5 Å². The number of carbonyl (C=O) groups excluding carboxylic acids is 2. The molecule has 0 aromatic rings. The average Bonchev–Trinajstić information content (AvgIpc) is 2.49. The number of rotatable bonds is 7. The molecule has 4 atom stereocenters. The van der Waals surface area contributed by atoms with E-state index in [0.29, 0.717) is 18.6 Å². The molecule has 11 heteroatoms. The molecule has 1 aliphatic rings. The predicted octanol–water partition coefficient (Wildman–Crippen LogP) is 0.357. The van der Waals surface area contributed by atoms with Crippen LogP contribution in [0.4, 0.5) is 0 Å². The van der Waals surface area contributed by atoms with E-state index in [0.717, 1.165) is 12.8 Å². The van der Waals surface area contributed by atoms with Crippen molar-refractivity contribution >= 4 is 19.7 Å². The van der Waals surface area contributed by atoms with Gasteiger partial charge < -0.3 is 35.2 Å². The Bertz CT molecular complexity index is 554. The molecule has 0 aromatic carbocycles. The molecule has 0 fully saturated rings. The first kappa shape index (κ1) is 25.7. The fourth-order valence-electron chi connectivity index (χ4n) is 2.66. The number of nitrogens with one attached hydrogen (secondary N) is 1. The Morgan fingerprint density at radius 2 is 1.93 bits per heavy atom. The summed E-state index contributed by atoms with van der Waals surface area (Å²) in [5, 5.41) is 2.83. The number of hydrogen-bond acceptors (Lipinski definition) is 6. The van der Waals surface area contributed by atoms with Crippen LogP contribution in [0.3, 0.4) is 0 Å². The van der Waals surface area contributed by atoms with Crippen LogP contribution in [0.25, 0.3) is 0 Å². The maximum atomic E-state index is 11.9. The monoisotopic (exact) mass is 410 g/mol. The van der Waals surface area contributed by atoms with Gasteiger partial charge in [0.15, 0.2) is 0 Å². The molecule has 0 heterocycles. The van der Waals surface area contributed by atoms with Crippen LogP contribution in [-0.4, -0.2) is 57.5 Å². The van der Waals surface area contributed by atoms with E-state index < -0.39 is 13.9 Å². The number of carbonyl (C=O) groups is 2. The molecule has 1 unspecified atom stereocenters. The van der Waals surface area contributed by atoms with Gasteiger partial charge in [0.2, 0.25) is 5.91 Å². The minimum Gasteiger partial charge on any atom is -0.463 e. The molecule has 10 nitrogen and oxygen atoms in total. The molecule has 0 saturated heterocycles. The van der Waals surface area contributed by atoms with Crippen molar-refractivity contribution in [1.29, 1.82) is 0 Å². The minimum atomic E-state index is -4.64. The van der Waals surface area contributed by atoms with Crippen LogP contribution in [0.2, 0.25) is 0 Å². The van der Waals surface area contributed by atoms with Gasteiger partial charge in [-0.05, 0) is 32.8 Å². The molecule has 0 aromatic heterocycles. The van der Waals surface area contributed by atoms with Gasteiger partial charge in [0.1, 0.15) is 0 Å². The Morgan fingerprint density at radius 3 is 2.37 bits per heavy atom. The zero-order valence-corrected chi connectivity index (χ0v) is 17.0. The van der Waals surface area contributed by atoms with Crippen LogP contribution in [0.1, 0.15) is 47.0 Å². The first-order valence-electron chi connectivity index (χ1n) is 8.73. The van der Waals surface area contributed by atoms with Crippen molar-refractivity contribution < 1.29 is 38.3 Å². The van der Waals surface area contributed by atoms with Crippen molar-refractivity contribution in [2.75, 3.05) is 6.61 Å². The minimum absolute atomic E-state index is 0.0243. The first-order valence-corrected chi connectivity index (χ1v) is 10.3. The number of hydrogen-bond donors (Lipinski definition) is 5. The van der Waals surface area contributed by atoms with Gasteiger partial charge in [-0.1, -0.05) is 13.3 Å². The summed E-state index contributed by atoms with van der Waals surface area (Å²) in [5.74, 6) is -0.527. The molecule has 158 valence electrons. The van der Waals surface area contributed by atoms with Crippen LogP contribution in [0, 0.1) is 0 Å². The van der Waals surface area contributed by atoms with Crippen molar-refractivity contribution in [3.05, 3.63) is 11.6 Å². The van der Waals surface area contributed by atoms with Gasteiger partial charge in [-0.2, -0.15) is 0 Å². The quantitative estimate of drug-likeness (QED) is 0.294. The highest BCUT2D eigenvalue weighted by Crippen LogP contribution is 2.26. The number of phosphoric acid groups is 1. The summed E-state index contributed by atoms with van der Waals surface area (Å²) in [7, 11) is -4.64. The van der Waals surface area contributed by atoms with E-state index in [1.165, 1.54) is 6.92 Å². The number of esters is 1. The van der Waals surface area contributed by atoms with Crippen molar-refractivity contribution in [3.8, 4) is 0 Å². The third kappa shape index (κ3) is 11.9. The fourth-order valence-corrected chi connectivity index (χ4v) is 2.66. The Morgan fingerprint density at radius 1 is 1.37 bits per heavy atom. The summed E-state index contributed by atoms with van der Waals surface area (Å²) < 4.78 is 19.9. The van der Waals surface area contributed by atoms with E-state index >= 15 is 0 Å². The maximum absolute atomic E-state index is 11.9. The van der Waals surface area contributed by atoms with Crippen LogP contribution < -0.4 is 11.1 Å². The second-order valence-electron chi connectivity index (χ2n) is 6.22. The van der Waals surface area contributed by atoms with Crippen molar-refractivity contribution in [1.82, 2.24) is 5.32 Å². The van der Waals surface area contributed by atoms with Crippen LogP contribution >= 0.6 is 7.82 Å². The molecular formula is C16H31N2O8P. The Labute approximate surface area is 159 Å². The molecule has 27 heavy (non-hydrogen) atoms. The lowest BCUT2D eigenvalue weighted by atomic mass is 9.88. The van der Waals surface area contributed by atoms with Gasteiger partial charge in [-0.25, -0.2) is 9.36 Å². The van der Waals surface area contributed by atoms with Gasteiger partial charge in [-0.3, -0.25) is 4.79 Å². The molecule has 1 aliphatic carbocycles. The lowest BCUT2D eigenvalue weighted by Crippen LogP contribution is -2.57. The number of amides is 1. The van der Waals surface area contributed by atoms with Gasteiger partial charge in [-0.15, -0.1) is 0 Å². The molecule has 0 saturated carbocycles. The van der Waals surface area contributed by atoms with Crippen molar-refractivity contribution in [2.24, 2.45) is 5.73 Å². The summed E-state index contributed by atoms with van der Waals surface area (Å²) >= 11 is 0. The fraction of sp³-hybridized carbons (Fsp3) is 0.750. The van der Waals surface area contributed by atoms with E-state index in [4.69, 9.17) is 34.5 Å². The predicted molar refractivity (Wildman–Crippen MR) is 98.4 cm³/mol. The maximum Gasteiger partial charge on any atom is 0.466 e. The van der Waals surface area contributed by atoms with E-state index in [9.17, 15) is 9.59 Å². The molecule has 6 N–H and O–H groups in total. The summed E-state index contributed by atoms with van der Waals surface area (Å²) in [6.07, 6.45) is 3.62. The molecule has 0 aliphatic heterocycles. The van der Waals surface area contributed by atoms with Crippen molar-refractivity contribution in [2.45, 2.75) is 71.2 Å². The van der Waals surface area contributed by atoms with Gasteiger partial charge >= 0.3 is 13.8 Å². The zero-order valence-electron chi connectivity index (χ0n) is 16.1. The Balaban J connectivity index is 0.00000119. The van der Waals surface area contributed by atoms with E-state index in [-0.39, 0.29) is 30.1 Å². The highest BCUT2D eigenvalue weighted by molar-refractivity contribution is 7.45. The topological polar surface area (TPSA) is 168 Å². The number of nitrogens with two attached hydrogens (primary N) is 1. The van der Waals surface area contributed by atoms with Crippen LogP contribution in [0.15, 0.2) is 11.6 Å². The highest BCUT2D eigenvalue weighted by Gasteiger charge is 2.35. The third-order valence-corrected chi connectivity index (χ3v) is 3.63. The lowest BCUT2D eigenvalue weighted by molar-refractivity contribution is -0.139. The second kappa shape index (κ2) is 12.2. The van der Waals surface area contributed by atoms with Crippen LogP contribution in [0.5, 0.6) is 0 Å². The van der Waals surface area contributed by atoms with Crippen molar-refractivity contribution in [3.63, 3.8) is 0 Å². The Kier molecular flexibility index (Phi) is 11.6. The lowest BCUT2D eigenvalue weighted by Gasteiger charge is -2.36. The first-order chi connectivity index (χ1) is 12.4. The standard InChI is InChI=1S/C16H28N2O4.H3O4P/c1-5-7-10(3)22-14-9-12(16(20)21-6-2)8-13(17)15(14)18-11(4)19;1-5(2,3)4/h9-10,13-15H,5-8,17H2,1-4H3,(H,18,19);(H3,1,2,3,4)/t10?,13-,14+,15+;/m0./s1. The second-order valence-corrected chi connectivity index (χ2v) is 7.25. The molecule has 1 rings (SSSR count). The van der Waals surface area contributed by atoms with Gasteiger partial charge in [0.25, 0.3) is 0 Å². The highest BCUT2D eigenvalue weighted by atomic mass is 31.2. The molecule has 0 radical (unpaired) electrons. The largest absolute Gasteiger partial charge is 0.466 e. The number of ether oxygens (including phenoxy) is 2. The summed E-state index contributed by atoms with van der Waals surface area (Å²) in [5.41, 5.74) is 6.67. The smallest absolute Gasteiger partial charge is 0.463 e. The van der Waals surface area contributed by atoms with Gasteiger partial charge in [0.05, 0.1) is 24.9 Å².